The van der Waals surface area contributed by atoms with Gasteiger partial charge in [0.05, 0.1) is 0 Å². The Bertz CT molecular complexity index is 280. The highest BCUT2D eigenvalue weighted by Gasteiger charge is 2.22. The van der Waals surface area contributed by atoms with Gasteiger partial charge in [-0.2, -0.15) is 0 Å². The molecule has 1 saturated carbocycles. The predicted octanol–water partition coefficient (Wildman–Crippen LogP) is 2.40. The van der Waals surface area contributed by atoms with E-state index in [1.807, 2.05) is 12.3 Å². The number of pyridine rings is 1. The summed E-state index contributed by atoms with van der Waals surface area (Å²) in [5.41, 5.74) is 1.19. The fourth-order valence-electron chi connectivity index (χ4n) is 2.08. The zero-order valence-electron chi connectivity index (χ0n) is 9.45. The molecule has 0 amide bonds. The molecule has 0 aromatic carbocycles. The van der Waals surface area contributed by atoms with Crippen LogP contribution >= 0.6 is 0 Å². The molecule has 0 bridgehead atoms. The van der Waals surface area contributed by atoms with Crippen molar-refractivity contribution in [3.8, 4) is 0 Å². The standard InChI is InChI=1S/C13H20N2/c1-11(12-5-4-6-12)14-10-8-13-7-2-3-9-15-13/h2-3,7,9,11-12,14H,4-6,8,10H2,1H3. The van der Waals surface area contributed by atoms with E-state index in [9.17, 15) is 0 Å². The maximum atomic E-state index is 4.31. The maximum Gasteiger partial charge on any atom is 0.0416 e. The van der Waals surface area contributed by atoms with Crippen LogP contribution in [0.2, 0.25) is 0 Å². The summed E-state index contributed by atoms with van der Waals surface area (Å²) in [7, 11) is 0. The number of rotatable bonds is 5. The zero-order valence-corrected chi connectivity index (χ0v) is 9.45. The summed E-state index contributed by atoms with van der Waals surface area (Å²) in [5, 5.41) is 3.59. The highest BCUT2D eigenvalue weighted by atomic mass is 14.9. The van der Waals surface area contributed by atoms with Crippen LogP contribution in [0.25, 0.3) is 0 Å². The fraction of sp³-hybridized carbons (Fsp3) is 0.615. The number of nitrogens with zero attached hydrogens (tertiary/aromatic N) is 1. The first kappa shape index (κ1) is 10.6. The van der Waals surface area contributed by atoms with Crippen molar-refractivity contribution in [2.45, 2.75) is 38.6 Å². The Morgan fingerprint density at radius 3 is 2.93 bits per heavy atom. The molecule has 0 saturated heterocycles. The van der Waals surface area contributed by atoms with Crippen molar-refractivity contribution >= 4 is 0 Å². The lowest BCUT2D eigenvalue weighted by molar-refractivity contribution is 0.242. The Morgan fingerprint density at radius 1 is 1.47 bits per heavy atom. The van der Waals surface area contributed by atoms with Crippen molar-refractivity contribution < 1.29 is 0 Å². The van der Waals surface area contributed by atoms with Crippen molar-refractivity contribution in [3.63, 3.8) is 0 Å². The van der Waals surface area contributed by atoms with Gasteiger partial charge in [0.2, 0.25) is 0 Å². The molecular formula is C13H20N2. The second kappa shape index (κ2) is 5.26. The Labute approximate surface area is 92.1 Å². The molecule has 2 heteroatoms. The molecule has 82 valence electrons. The summed E-state index contributed by atoms with van der Waals surface area (Å²) in [5.74, 6) is 0.925. The van der Waals surface area contributed by atoms with Gasteiger partial charge in [-0.1, -0.05) is 12.5 Å². The largest absolute Gasteiger partial charge is 0.314 e. The van der Waals surface area contributed by atoms with Crippen molar-refractivity contribution in [3.05, 3.63) is 30.1 Å². The van der Waals surface area contributed by atoms with E-state index in [0.717, 1.165) is 18.9 Å². The summed E-state index contributed by atoms with van der Waals surface area (Å²) >= 11 is 0. The van der Waals surface area contributed by atoms with Gasteiger partial charge in [-0.05, 0) is 37.8 Å². The monoisotopic (exact) mass is 204 g/mol. The predicted molar refractivity (Wildman–Crippen MR) is 62.7 cm³/mol. The Morgan fingerprint density at radius 2 is 2.33 bits per heavy atom. The van der Waals surface area contributed by atoms with Gasteiger partial charge >= 0.3 is 0 Å². The SMILES string of the molecule is CC(NCCc1ccccn1)C1CCC1. The maximum absolute atomic E-state index is 4.31. The van der Waals surface area contributed by atoms with Gasteiger partial charge in [-0.25, -0.2) is 0 Å². The number of hydrogen-bond acceptors (Lipinski definition) is 2. The molecule has 1 aliphatic rings. The van der Waals surface area contributed by atoms with Crippen LogP contribution < -0.4 is 5.32 Å². The molecule has 1 fully saturated rings. The molecular weight excluding hydrogens is 184 g/mol. The quantitative estimate of drug-likeness (QED) is 0.796. The summed E-state index contributed by atoms with van der Waals surface area (Å²) in [6, 6.07) is 6.80. The van der Waals surface area contributed by atoms with E-state index in [2.05, 4.69) is 29.4 Å². The Kier molecular flexibility index (Phi) is 3.73. The van der Waals surface area contributed by atoms with Crippen LogP contribution in [0, 0.1) is 5.92 Å². The second-order valence-corrected chi connectivity index (χ2v) is 4.50. The van der Waals surface area contributed by atoms with Crippen LogP contribution in [0.5, 0.6) is 0 Å². The van der Waals surface area contributed by atoms with Crippen molar-refractivity contribution in [1.82, 2.24) is 10.3 Å². The van der Waals surface area contributed by atoms with Crippen LogP contribution in [-0.4, -0.2) is 17.6 Å². The van der Waals surface area contributed by atoms with Gasteiger partial charge < -0.3 is 5.32 Å². The molecule has 0 aliphatic heterocycles. The number of hydrogen-bond donors (Lipinski definition) is 1. The molecule has 1 aromatic rings. The molecule has 1 atom stereocenters. The van der Waals surface area contributed by atoms with E-state index < -0.39 is 0 Å². The van der Waals surface area contributed by atoms with Crippen LogP contribution in [0.1, 0.15) is 31.9 Å². The lowest BCUT2D eigenvalue weighted by Gasteiger charge is -2.32. The number of nitrogens with one attached hydrogen (secondary N) is 1. The number of aromatic nitrogens is 1. The average molecular weight is 204 g/mol. The highest BCUT2D eigenvalue weighted by molar-refractivity contribution is 5.03. The van der Waals surface area contributed by atoms with Crippen LogP contribution in [0.15, 0.2) is 24.4 Å². The third kappa shape index (κ3) is 3.03. The van der Waals surface area contributed by atoms with Crippen molar-refractivity contribution in [1.29, 1.82) is 0 Å². The smallest absolute Gasteiger partial charge is 0.0416 e. The molecule has 1 aromatic heterocycles. The molecule has 0 radical (unpaired) electrons. The third-order valence-electron chi connectivity index (χ3n) is 3.43. The first-order valence-corrected chi connectivity index (χ1v) is 5.99. The molecule has 2 nitrogen and oxygen atoms in total. The zero-order chi connectivity index (χ0) is 10.5. The van der Waals surface area contributed by atoms with E-state index in [1.54, 1.807) is 0 Å². The summed E-state index contributed by atoms with van der Waals surface area (Å²) in [4.78, 5) is 4.31. The molecule has 1 unspecified atom stereocenters. The van der Waals surface area contributed by atoms with E-state index in [4.69, 9.17) is 0 Å². The topological polar surface area (TPSA) is 24.9 Å². The van der Waals surface area contributed by atoms with Crippen LogP contribution in [-0.2, 0) is 6.42 Å². The molecule has 1 aliphatic carbocycles. The average Bonchev–Trinajstić information content (AvgIpc) is 2.16. The van der Waals surface area contributed by atoms with Gasteiger partial charge in [0.1, 0.15) is 0 Å². The van der Waals surface area contributed by atoms with Crippen LogP contribution in [0.3, 0.4) is 0 Å². The van der Waals surface area contributed by atoms with E-state index in [0.29, 0.717) is 6.04 Å². The minimum atomic E-state index is 0.683. The van der Waals surface area contributed by atoms with Gasteiger partial charge in [-0.15, -0.1) is 0 Å². The van der Waals surface area contributed by atoms with Crippen molar-refractivity contribution in [2.24, 2.45) is 5.92 Å². The summed E-state index contributed by atoms with van der Waals surface area (Å²) < 4.78 is 0. The Balaban J connectivity index is 1.66. The minimum absolute atomic E-state index is 0.683. The van der Waals surface area contributed by atoms with Gasteiger partial charge in [-0.3, -0.25) is 4.98 Å². The first-order chi connectivity index (χ1) is 7.36. The normalized spacial score (nSPS) is 18.5. The summed E-state index contributed by atoms with van der Waals surface area (Å²) in [6.45, 7) is 3.36. The Hall–Kier alpha value is -0.890. The lowest BCUT2D eigenvalue weighted by Crippen LogP contribution is -2.38. The van der Waals surface area contributed by atoms with E-state index in [-0.39, 0.29) is 0 Å². The van der Waals surface area contributed by atoms with Crippen LogP contribution in [0.4, 0.5) is 0 Å². The summed E-state index contributed by atoms with van der Waals surface area (Å²) in [6.07, 6.45) is 7.16. The lowest BCUT2D eigenvalue weighted by atomic mass is 9.80. The van der Waals surface area contributed by atoms with E-state index in [1.165, 1.54) is 25.0 Å². The van der Waals surface area contributed by atoms with Gasteiger partial charge in [0.25, 0.3) is 0 Å². The van der Waals surface area contributed by atoms with Gasteiger partial charge in [0, 0.05) is 30.9 Å². The van der Waals surface area contributed by atoms with E-state index >= 15 is 0 Å². The minimum Gasteiger partial charge on any atom is -0.314 e. The fourth-order valence-corrected chi connectivity index (χ4v) is 2.08. The molecule has 1 N–H and O–H groups in total. The molecule has 0 spiro atoms. The molecule has 2 rings (SSSR count). The molecule has 15 heavy (non-hydrogen) atoms. The van der Waals surface area contributed by atoms with Gasteiger partial charge in [0.15, 0.2) is 0 Å². The second-order valence-electron chi connectivity index (χ2n) is 4.50. The molecule has 1 heterocycles. The first-order valence-electron chi connectivity index (χ1n) is 5.99. The van der Waals surface area contributed by atoms with Crippen molar-refractivity contribution in [2.75, 3.05) is 6.54 Å². The third-order valence-corrected chi connectivity index (χ3v) is 3.43. The highest BCUT2D eigenvalue weighted by Crippen LogP contribution is 2.29.